The molecule has 27 heavy (non-hydrogen) atoms. The van der Waals surface area contributed by atoms with E-state index in [1.807, 2.05) is 54.6 Å². The van der Waals surface area contributed by atoms with Crippen LogP contribution in [0, 0.1) is 10.1 Å². The molecule has 6 heteroatoms. The average Bonchev–Trinajstić information content (AvgIpc) is 3.12. The number of hydrogen-bond donors (Lipinski definition) is 2. The van der Waals surface area contributed by atoms with Crippen molar-refractivity contribution >= 4 is 28.2 Å². The molecule has 0 saturated carbocycles. The van der Waals surface area contributed by atoms with Crippen molar-refractivity contribution in [3.8, 4) is 11.3 Å². The van der Waals surface area contributed by atoms with Crippen LogP contribution in [0.3, 0.4) is 0 Å². The Morgan fingerprint density at radius 3 is 2.37 bits per heavy atom. The van der Waals surface area contributed by atoms with Crippen molar-refractivity contribution in [1.82, 2.24) is 4.98 Å². The van der Waals surface area contributed by atoms with Crippen LogP contribution in [0.5, 0.6) is 0 Å². The quantitative estimate of drug-likeness (QED) is 0.398. The molecular weight excluding hydrogens is 342 g/mol. The summed E-state index contributed by atoms with van der Waals surface area (Å²) in [5.74, 6) is -0.326. The Kier molecular flexibility index (Phi) is 4.14. The Labute approximate surface area is 154 Å². The Hall–Kier alpha value is -3.93. The number of amides is 1. The molecule has 6 nitrogen and oxygen atoms in total. The fourth-order valence-electron chi connectivity index (χ4n) is 2.97. The van der Waals surface area contributed by atoms with Crippen molar-refractivity contribution in [2.45, 2.75) is 0 Å². The lowest BCUT2D eigenvalue weighted by Crippen LogP contribution is -2.12. The van der Waals surface area contributed by atoms with Crippen LogP contribution in [0.4, 0.5) is 11.4 Å². The van der Waals surface area contributed by atoms with Crippen LogP contribution in [-0.2, 0) is 0 Å². The lowest BCUT2D eigenvalue weighted by molar-refractivity contribution is -0.384. The molecule has 1 aromatic heterocycles. The number of nitrogens with one attached hydrogen (secondary N) is 2. The van der Waals surface area contributed by atoms with E-state index in [1.165, 1.54) is 24.3 Å². The maximum Gasteiger partial charge on any atom is 0.269 e. The number of para-hydroxylation sites is 2. The number of aromatic nitrogens is 1. The second-order valence-corrected chi connectivity index (χ2v) is 6.07. The van der Waals surface area contributed by atoms with Gasteiger partial charge in [-0.05, 0) is 30.3 Å². The van der Waals surface area contributed by atoms with Crippen LogP contribution in [-0.4, -0.2) is 15.8 Å². The molecule has 0 spiro atoms. The Balaban J connectivity index is 1.64. The van der Waals surface area contributed by atoms with Crippen LogP contribution >= 0.6 is 0 Å². The Morgan fingerprint density at radius 1 is 0.926 bits per heavy atom. The standard InChI is InChI=1S/C21H15N3O3/c25-21(14-9-11-16(12-10-14)24(26)27)23-19-8-4-2-6-17(19)20-13-15-5-1-3-7-18(15)22-20/h1-13,22H,(H,23,25). The molecule has 0 aliphatic carbocycles. The van der Waals surface area contributed by atoms with Crippen LogP contribution < -0.4 is 5.32 Å². The van der Waals surface area contributed by atoms with Gasteiger partial charge in [-0.1, -0.05) is 36.4 Å². The van der Waals surface area contributed by atoms with Gasteiger partial charge >= 0.3 is 0 Å². The van der Waals surface area contributed by atoms with Crippen molar-refractivity contribution in [2.75, 3.05) is 5.32 Å². The van der Waals surface area contributed by atoms with Crippen LogP contribution in [0.15, 0.2) is 78.9 Å². The molecule has 4 aromatic rings. The zero-order valence-electron chi connectivity index (χ0n) is 14.2. The van der Waals surface area contributed by atoms with Crippen molar-refractivity contribution in [1.29, 1.82) is 0 Å². The molecule has 0 atom stereocenters. The topological polar surface area (TPSA) is 88.0 Å². The summed E-state index contributed by atoms with van der Waals surface area (Å²) >= 11 is 0. The van der Waals surface area contributed by atoms with E-state index in [0.717, 1.165) is 22.2 Å². The van der Waals surface area contributed by atoms with Gasteiger partial charge in [0.1, 0.15) is 0 Å². The molecule has 132 valence electrons. The first-order valence-corrected chi connectivity index (χ1v) is 8.35. The summed E-state index contributed by atoms with van der Waals surface area (Å²) in [7, 11) is 0. The minimum atomic E-state index is -0.493. The minimum absolute atomic E-state index is 0.0509. The van der Waals surface area contributed by atoms with Crippen LogP contribution in [0.1, 0.15) is 10.4 Å². The summed E-state index contributed by atoms with van der Waals surface area (Å²) in [6.45, 7) is 0. The van der Waals surface area contributed by atoms with Gasteiger partial charge in [-0.15, -0.1) is 0 Å². The number of aromatic amines is 1. The SMILES string of the molecule is O=C(Nc1ccccc1-c1cc2ccccc2[nH]1)c1ccc([N+](=O)[O-])cc1. The molecule has 3 aromatic carbocycles. The van der Waals surface area contributed by atoms with Gasteiger partial charge in [0.25, 0.3) is 11.6 Å². The van der Waals surface area contributed by atoms with E-state index in [1.54, 1.807) is 0 Å². The number of nitrogens with zero attached hydrogens (tertiary/aromatic N) is 1. The largest absolute Gasteiger partial charge is 0.354 e. The zero-order chi connectivity index (χ0) is 18.8. The van der Waals surface area contributed by atoms with Gasteiger partial charge in [0.15, 0.2) is 0 Å². The van der Waals surface area contributed by atoms with Gasteiger partial charge in [-0.25, -0.2) is 0 Å². The molecule has 0 saturated heterocycles. The highest BCUT2D eigenvalue weighted by Gasteiger charge is 2.13. The first-order valence-electron chi connectivity index (χ1n) is 8.35. The van der Waals surface area contributed by atoms with E-state index in [0.29, 0.717) is 11.3 Å². The molecule has 1 heterocycles. The Bertz CT molecular complexity index is 1110. The van der Waals surface area contributed by atoms with E-state index < -0.39 is 4.92 Å². The lowest BCUT2D eigenvalue weighted by Gasteiger charge is -2.10. The third-order valence-electron chi connectivity index (χ3n) is 4.34. The molecule has 1 amide bonds. The van der Waals surface area contributed by atoms with Gasteiger partial charge in [0, 0.05) is 39.9 Å². The predicted molar refractivity (Wildman–Crippen MR) is 105 cm³/mol. The lowest BCUT2D eigenvalue weighted by atomic mass is 10.1. The second-order valence-electron chi connectivity index (χ2n) is 6.07. The van der Waals surface area contributed by atoms with Crippen molar-refractivity contribution in [3.63, 3.8) is 0 Å². The highest BCUT2D eigenvalue weighted by molar-refractivity contribution is 6.06. The van der Waals surface area contributed by atoms with Crippen LogP contribution in [0.2, 0.25) is 0 Å². The summed E-state index contributed by atoms with van der Waals surface area (Å²) in [6.07, 6.45) is 0. The molecular formula is C21H15N3O3. The fraction of sp³-hybridized carbons (Fsp3) is 0. The van der Waals surface area contributed by atoms with E-state index in [2.05, 4.69) is 10.3 Å². The van der Waals surface area contributed by atoms with Gasteiger partial charge in [0.05, 0.1) is 10.6 Å². The number of non-ortho nitro benzene ring substituents is 1. The summed E-state index contributed by atoms with van der Waals surface area (Å²) in [5, 5.41) is 14.7. The number of rotatable bonds is 4. The van der Waals surface area contributed by atoms with Gasteiger partial charge in [-0.3, -0.25) is 14.9 Å². The van der Waals surface area contributed by atoms with Crippen molar-refractivity contribution < 1.29 is 9.72 Å². The van der Waals surface area contributed by atoms with Gasteiger partial charge < -0.3 is 10.3 Å². The zero-order valence-corrected chi connectivity index (χ0v) is 14.2. The number of anilines is 1. The van der Waals surface area contributed by atoms with Crippen molar-refractivity contribution in [2.24, 2.45) is 0 Å². The molecule has 0 aliphatic rings. The van der Waals surface area contributed by atoms with Gasteiger partial charge in [-0.2, -0.15) is 0 Å². The second kappa shape index (κ2) is 6.76. The summed E-state index contributed by atoms with van der Waals surface area (Å²) < 4.78 is 0. The van der Waals surface area contributed by atoms with Crippen LogP contribution in [0.25, 0.3) is 22.2 Å². The first kappa shape index (κ1) is 16.5. The van der Waals surface area contributed by atoms with Crippen molar-refractivity contribution in [3.05, 3.63) is 94.5 Å². The first-order chi connectivity index (χ1) is 13.1. The van der Waals surface area contributed by atoms with E-state index >= 15 is 0 Å². The molecule has 0 fully saturated rings. The molecule has 0 radical (unpaired) electrons. The minimum Gasteiger partial charge on any atom is -0.354 e. The number of hydrogen-bond acceptors (Lipinski definition) is 3. The van der Waals surface area contributed by atoms with E-state index in [4.69, 9.17) is 0 Å². The molecule has 0 unspecified atom stereocenters. The number of fused-ring (bicyclic) bond motifs is 1. The summed E-state index contributed by atoms with van der Waals surface area (Å²) in [5.41, 5.74) is 3.74. The predicted octanol–water partition coefficient (Wildman–Crippen LogP) is 5.00. The van der Waals surface area contributed by atoms with E-state index in [-0.39, 0.29) is 11.6 Å². The number of nitro benzene ring substituents is 1. The Morgan fingerprint density at radius 2 is 1.63 bits per heavy atom. The normalized spacial score (nSPS) is 10.7. The fourth-order valence-corrected chi connectivity index (χ4v) is 2.97. The maximum absolute atomic E-state index is 12.6. The number of benzene rings is 3. The molecule has 0 bridgehead atoms. The summed E-state index contributed by atoms with van der Waals surface area (Å²) in [4.78, 5) is 26.2. The number of carbonyl (C=O) groups excluding carboxylic acids is 1. The third-order valence-corrected chi connectivity index (χ3v) is 4.34. The molecule has 2 N–H and O–H groups in total. The van der Waals surface area contributed by atoms with E-state index in [9.17, 15) is 14.9 Å². The highest BCUT2D eigenvalue weighted by atomic mass is 16.6. The average molecular weight is 357 g/mol. The monoisotopic (exact) mass is 357 g/mol. The molecule has 4 rings (SSSR count). The smallest absolute Gasteiger partial charge is 0.269 e. The van der Waals surface area contributed by atoms with Gasteiger partial charge in [0.2, 0.25) is 0 Å². The maximum atomic E-state index is 12.6. The number of carbonyl (C=O) groups is 1. The molecule has 0 aliphatic heterocycles. The number of H-pyrrole nitrogens is 1. The summed E-state index contributed by atoms with van der Waals surface area (Å²) in [6, 6.07) is 23.0. The third kappa shape index (κ3) is 3.28. The number of nitro groups is 1. The highest BCUT2D eigenvalue weighted by Crippen LogP contribution is 2.30.